The van der Waals surface area contributed by atoms with Crippen molar-refractivity contribution in [3.63, 3.8) is 0 Å². The largest absolute Gasteiger partial charge is 0.457 e. The first-order valence-corrected chi connectivity index (χ1v) is 6.86. The zero-order chi connectivity index (χ0) is 12.1. The second kappa shape index (κ2) is 5.87. The van der Waals surface area contributed by atoms with Gasteiger partial charge >= 0.3 is 0 Å². The molecule has 0 aliphatic rings. The van der Waals surface area contributed by atoms with Gasteiger partial charge in [-0.05, 0) is 30.2 Å². The van der Waals surface area contributed by atoms with Gasteiger partial charge in [-0.25, -0.2) is 0 Å². The summed E-state index contributed by atoms with van der Waals surface area (Å²) in [5.74, 6) is 1.80. The first kappa shape index (κ1) is 12.2. The molecule has 0 atom stereocenters. The van der Waals surface area contributed by atoms with E-state index in [-0.39, 0.29) is 0 Å². The van der Waals surface area contributed by atoms with Crippen LogP contribution in [0.1, 0.15) is 18.1 Å². The molecule has 88 valence electrons. The number of rotatable bonds is 4. The Morgan fingerprint density at radius 2 is 1.71 bits per heavy atom. The highest BCUT2D eigenvalue weighted by atomic mass is 79.9. The molecule has 0 N–H and O–H groups in total. The first-order chi connectivity index (χ1) is 8.33. The molecule has 0 fully saturated rings. The molecule has 2 heteroatoms. The number of para-hydroxylation sites is 1. The Morgan fingerprint density at radius 3 is 2.35 bits per heavy atom. The highest BCUT2D eigenvalue weighted by molar-refractivity contribution is 9.08. The van der Waals surface area contributed by atoms with Crippen LogP contribution in [0, 0.1) is 0 Å². The molecule has 0 aliphatic heterocycles. The normalized spacial score (nSPS) is 10.2. The summed E-state index contributed by atoms with van der Waals surface area (Å²) in [6.07, 6.45) is 1.05. The summed E-state index contributed by atoms with van der Waals surface area (Å²) in [5.41, 5.74) is 2.48. The molecular formula is C15H15BrO. The zero-order valence-electron chi connectivity index (χ0n) is 9.82. The van der Waals surface area contributed by atoms with Gasteiger partial charge in [0.15, 0.2) is 0 Å². The minimum Gasteiger partial charge on any atom is -0.457 e. The van der Waals surface area contributed by atoms with Crippen LogP contribution < -0.4 is 4.74 Å². The molecule has 0 heterocycles. The van der Waals surface area contributed by atoms with Crippen LogP contribution in [-0.4, -0.2) is 0 Å². The summed E-state index contributed by atoms with van der Waals surface area (Å²) in [7, 11) is 0. The third-order valence-corrected chi connectivity index (χ3v) is 3.28. The lowest BCUT2D eigenvalue weighted by Crippen LogP contribution is -1.89. The predicted octanol–water partition coefficient (Wildman–Crippen LogP) is 4.94. The molecule has 2 aromatic rings. The molecule has 0 radical (unpaired) electrons. The van der Waals surface area contributed by atoms with Crippen molar-refractivity contribution in [2.24, 2.45) is 0 Å². The number of ether oxygens (including phenoxy) is 1. The first-order valence-electron chi connectivity index (χ1n) is 5.74. The average Bonchev–Trinajstić information content (AvgIpc) is 2.40. The molecule has 0 saturated carbocycles. The van der Waals surface area contributed by atoms with Gasteiger partial charge in [-0.1, -0.05) is 53.2 Å². The van der Waals surface area contributed by atoms with Crippen molar-refractivity contribution >= 4 is 15.9 Å². The van der Waals surface area contributed by atoms with Gasteiger partial charge in [0.05, 0.1) is 0 Å². The van der Waals surface area contributed by atoms with E-state index in [1.807, 2.05) is 30.3 Å². The quantitative estimate of drug-likeness (QED) is 0.725. The van der Waals surface area contributed by atoms with E-state index in [0.29, 0.717) is 0 Å². The van der Waals surface area contributed by atoms with Gasteiger partial charge in [0.25, 0.3) is 0 Å². The van der Waals surface area contributed by atoms with Crippen molar-refractivity contribution in [1.82, 2.24) is 0 Å². The van der Waals surface area contributed by atoms with Crippen LogP contribution in [0.5, 0.6) is 11.5 Å². The van der Waals surface area contributed by atoms with Gasteiger partial charge in [-0.15, -0.1) is 0 Å². The van der Waals surface area contributed by atoms with E-state index in [0.717, 1.165) is 28.8 Å². The Balaban J connectivity index is 2.19. The molecule has 0 aliphatic carbocycles. The summed E-state index contributed by atoms with van der Waals surface area (Å²) < 4.78 is 5.87. The Bertz CT molecular complexity index is 477. The highest BCUT2D eigenvalue weighted by Crippen LogP contribution is 2.26. The van der Waals surface area contributed by atoms with Crippen molar-refractivity contribution in [2.75, 3.05) is 0 Å². The van der Waals surface area contributed by atoms with Crippen LogP contribution in [0.4, 0.5) is 0 Å². The maximum atomic E-state index is 5.87. The Hall–Kier alpha value is -1.28. The maximum absolute atomic E-state index is 5.87. The fourth-order valence-electron chi connectivity index (χ4n) is 1.63. The fourth-order valence-corrected chi connectivity index (χ4v) is 2.10. The van der Waals surface area contributed by atoms with Gasteiger partial charge < -0.3 is 4.74 Å². The van der Waals surface area contributed by atoms with Crippen molar-refractivity contribution in [3.05, 3.63) is 59.7 Å². The lowest BCUT2D eigenvalue weighted by Gasteiger charge is -2.09. The van der Waals surface area contributed by atoms with Crippen LogP contribution in [0.3, 0.4) is 0 Å². The molecular weight excluding hydrogens is 276 g/mol. The fraction of sp³-hybridized carbons (Fsp3) is 0.200. The number of aryl methyl sites for hydroxylation is 1. The summed E-state index contributed by atoms with van der Waals surface area (Å²) in [6.45, 7) is 2.15. The summed E-state index contributed by atoms with van der Waals surface area (Å²) in [4.78, 5) is 0. The molecule has 0 spiro atoms. The van der Waals surface area contributed by atoms with E-state index in [9.17, 15) is 0 Å². The van der Waals surface area contributed by atoms with Crippen LogP contribution in [0.15, 0.2) is 48.5 Å². The standard InChI is InChI=1S/C15H15BrO/c1-2-12-7-9-14(10-8-12)17-15-6-4-3-5-13(15)11-16/h3-10H,2,11H2,1H3. The third-order valence-electron chi connectivity index (χ3n) is 2.68. The second-order valence-corrected chi connectivity index (χ2v) is 4.40. The number of hydrogen-bond acceptors (Lipinski definition) is 1. The topological polar surface area (TPSA) is 9.23 Å². The average molecular weight is 291 g/mol. The van der Waals surface area contributed by atoms with E-state index in [1.54, 1.807) is 0 Å². The SMILES string of the molecule is CCc1ccc(Oc2ccccc2CBr)cc1. The van der Waals surface area contributed by atoms with Crippen LogP contribution >= 0.6 is 15.9 Å². The lowest BCUT2D eigenvalue weighted by molar-refractivity contribution is 0.478. The van der Waals surface area contributed by atoms with Gasteiger partial charge in [-0.3, -0.25) is 0 Å². The Labute approximate surface area is 111 Å². The van der Waals surface area contributed by atoms with E-state index in [2.05, 4.69) is 41.1 Å². The van der Waals surface area contributed by atoms with Crippen LogP contribution in [-0.2, 0) is 11.8 Å². The number of alkyl halides is 1. The predicted molar refractivity (Wildman–Crippen MR) is 75.0 cm³/mol. The van der Waals surface area contributed by atoms with E-state index in [4.69, 9.17) is 4.74 Å². The van der Waals surface area contributed by atoms with E-state index in [1.165, 1.54) is 5.56 Å². The molecule has 2 rings (SSSR count). The van der Waals surface area contributed by atoms with Crippen LogP contribution in [0.25, 0.3) is 0 Å². The Morgan fingerprint density at radius 1 is 1.00 bits per heavy atom. The molecule has 0 aromatic heterocycles. The maximum Gasteiger partial charge on any atom is 0.131 e. The minimum absolute atomic E-state index is 0.802. The van der Waals surface area contributed by atoms with Crippen LogP contribution in [0.2, 0.25) is 0 Å². The summed E-state index contributed by atoms with van der Waals surface area (Å²) in [6, 6.07) is 16.3. The number of halogens is 1. The number of hydrogen-bond donors (Lipinski definition) is 0. The van der Waals surface area contributed by atoms with Gasteiger partial charge in [0.2, 0.25) is 0 Å². The molecule has 0 bridgehead atoms. The number of benzene rings is 2. The molecule has 2 aromatic carbocycles. The summed E-state index contributed by atoms with van der Waals surface area (Å²) in [5, 5.41) is 0.802. The molecule has 0 amide bonds. The van der Waals surface area contributed by atoms with Gasteiger partial charge in [0, 0.05) is 10.9 Å². The monoisotopic (exact) mass is 290 g/mol. The second-order valence-electron chi connectivity index (χ2n) is 3.84. The minimum atomic E-state index is 0.802. The van der Waals surface area contributed by atoms with E-state index < -0.39 is 0 Å². The van der Waals surface area contributed by atoms with Crippen molar-refractivity contribution in [3.8, 4) is 11.5 Å². The zero-order valence-corrected chi connectivity index (χ0v) is 11.4. The highest BCUT2D eigenvalue weighted by Gasteiger charge is 2.02. The molecule has 1 nitrogen and oxygen atoms in total. The van der Waals surface area contributed by atoms with Crippen molar-refractivity contribution < 1.29 is 4.74 Å². The van der Waals surface area contributed by atoms with E-state index >= 15 is 0 Å². The van der Waals surface area contributed by atoms with Gasteiger partial charge in [0.1, 0.15) is 11.5 Å². The Kier molecular flexibility index (Phi) is 4.21. The molecule has 0 saturated heterocycles. The van der Waals surface area contributed by atoms with Crippen molar-refractivity contribution in [1.29, 1.82) is 0 Å². The molecule has 0 unspecified atom stereocenters. The summed E-state index contributed by atoms with van der Waals surface area (Å²) >= 11 is 3.46. The van der Waals surface area contributed by atoms with Gasteiger partial charge in [-0.2, -0.15) is 0 Å². The third kappa shape index (κ3) is 3.10. The molecule has 17 heavy (non-hydrogen) atoms. The lowest BCUT2D eigenvalue weighted by atomic mass is 10.2. The van der Waals surface area contributed by atoms with Crippen molar-refractivity contribution in [2.45, 2.75) is 18.7 Å². The smallest absolute Gasteiger partial charge is 0.131 e.